The summed E-state index contributed by atoms with van der Waals surface area (Å²) in [5.41, 5.74) is 0.356. The lowest BCUT2D eigenvalue weighted by molar-refractivity contribution is -0.141. The average Bonchev–Trinajstić information content (AvgIpc) is 2.45. The van der Waals surface area contributed by atoms with Crippen LogP contribution in [0.15, 0.2) is 30.3 Å². The maximum atomic E-state index is 12.0. The van der Waals surface area contributed by atoms with Crippen molar-refractivity contribution in [3.05, 3.63) is 35.9 Å². The summed E-state index contributed by atoms with van der Waals surface area (Å²) in [6.07, 6.45) is -0.777. The van der Waals surface area contributed by atoms with E-state index in [1.165, 1.54) is 6.92 Å². The van der Waals surface area contributed by atoms with E-state index in [4.69, 9.17) is 9.47 Å². The monoisotopic (exact) mass is 337 g/mol. The van der Waals surface area contributed by atoms with E-state index in [0.29, 0.717) is 6.42 Å². The predicted molar refractivity (Wildman–Crippen MR) is 90.6 cm³/mol. The van der Waals surface area contributed by atoms with Crippen LogP contribution in [0.1, 0.15) is 39.7 Å². The maximum Gasteiger partial charge on any atom is 0.407 e. The summed E-state index contributed by atoms with van der Waals surface area (Å²) in [6.45, 7) is 6.73. The van der Waals surface area contributed by atoms with E-state index in [1.54, 1.807) is 20.8 Å². The van der Waals surface area contributed by atoms with Gasteiger partial charge >= 0.3 is 12.1 Å². The quantitative estimate of drug-likeness (QED) is 0.747. The zero-order valence-electron chi connectivity index (χ0n) is 14.7. The fraction of sp³-hybridized carbons (Fsp3) is 0.556. The summed E-state index contributed by atoms with van der Waals surface area (Å²) in [5, 5.41) is 13.1. The van der Waals surface area contributed by atoms with Gasteiger partial charge in [-0.15, -0.1) is 0 Å². The highest BCUT2D eigenvalue weighted by molar-refractivity contribution is 5.68. The van der Waals surface area contributed by atoms with Crippen LogP contribution in [-0.2, 0) is 20.7 Å². The van der Waals surface area contributed by atoms with Gasteiger partial charge < -0.3 is 19.9 Å². The van der Waals surface area contributed by atoms with Gasteiger partial charge in [0.25, 0.3) is 0 Å². The van der Waals surface area contributed by atoms with Crippen molar-refractivity contribution in [1.82, 2.24) is 5.32 Å². The third kappa shape index (κ3) is 8.53. The lowest BCUT2D eigenvalue weighted by atomic mass is 9.99. The van der Waals surface area contributed by atoms with Crippen LogP contribution in [0.2, 0.25) is 0 Å². The zero-order valence-corrected chi connectivity index (χ0v) is 14.7. The highest BCUT2D eigenvalue weighted by atomic mass is 16.6. The van der Waals surface area contributed by atoms with Crippen molar-refractivity contribution in [2.75, 3.05) is 6.61 Å². The lowest BCUT2D eigenvalue weighted by Gasteiger charge is -2.26. The second-order valence-electron chi connectivity index (χ2n) is 6.64. The molecule has 6 nitrogen and oxygen atoms in total. The Morgan fingerprint density at radius 3 is 2.38 bits per heavy atom. The van der Waals surface area contributed by atoms with Gasteiger partial charge in [0.05, 0.1) is 18.8 Å². The molecular formula is C18H27NO5. The molecule has 1 aromatic carbocycles. The topological polar surface area (TPSA) is 84.9 Å². The van der Waals surface area contributed by atoms with Crippen molar-refractivity contribution in [3.8, 4) is 0 Å². The molecule has 0 aromatic heterocycles. The largest absolute Gasteiger partial charge is 0.466 e. The molecule has 0 saturated heterocycles. The Bertz CT molecular complexity index is 524. The molecule has 0 heterocycles. The standard InChI is InChI=1S/C18H27NO5/c1-13(20)23-11-10-16(21)15(12-14-8-6-5-7-9-14)19-17(22)24-18(2,3)4/h5-9,15-16,21H,10-12H2,1-4H3,(H,19,22). The molecule has 0 bridgehead atoms. The number of rotatable bonds is 7. The van der Waals surface area contributed by atoms with Gasteiger partial charge in [-0.2, -0.15) is 0 Å². The Morgan fingerprint density at radius 2 is 1.83 bits per heavy atom. The maximum absolute atomic E-state index is 12.0. The molecule has 2 atom stereocenters. The van der Waals surface area contributed by atoms with Crippen LogP contribution < -0.4 is 5.32 Å². The Kier molecular flexibility index (Phi) is 7.71. The number of aliphatic hydroxyl groups is 1. The van der Waals surface area contributed by atoms with Crippen LogP contribution in [0.3, 0.4) is 0 Å². The minimum Gasteiger partial charge on any atom is -0.466 e. The molecule has 0 aliphatic heterocycles. The number of nitrogens with one attached hydrogen (secondary N) is 1. The van der Waals surface area contributed by atoms with Crippen molar-refractivity contribution >= 4 is 12.1 Å². The van der Waals surface area contributed by atoms with Crippen molar-refractivity contribution in [2.24, 2.45) is 0 Å². The van der Waals surface area contributed by atoms with Gasteiger partial charge in [-0.1, -0.05) is 30.3 Å². The number of alkyl carbamates (subject to hydrolysis) is 1. The van der Waals surface area contributed by atoms with Gasteiger partial charge in [-0.3, -0.25) is 4.79 Å². The number of carbonyl (C=O) groups excluding carboxylic acids is 2. The van der Waals surface area contributed by atoms with Gasteiger partial charge in [-0.25, -0.2) is 4.79 Å². The number of hydrogen-bond acceptors (Lipinski definition) is 5. The number of carbonyl (C=O) groups is 2. The van der Waals surface area contributed by atoms with Crippen LogP contribution in [0, 0.1) is 0 Å². The van der Waals surface area contributed by atoms with Crippen molar-refractivity contribution < 1.29 is 24.2 Å². The van der Waals surface area contributed by atoms with E-state index < -0.39 is 29.8 Å². The van der Waals surface area contributed by atoms with E-state index in [0.717, 1.165) is 5.56 Å². The zero-order chi connectivity index (χ0) is 18.2. The third-order valence-electron chi connectivity index (χ3n) is 3.18. The number of benzene rings is 1. The number of esters is 1. The summed E-state index contributed by atoms with van der Waals surface area (Å²) in [7, 11) is 0. The van der Waals surface area contributed by atoms with Crippen LogP contribution in [0.4, 0.5) is 4.79 Å². The molecule has 0 spiro atoms. The van der Waals surface area contributed by atoms with Crippen molar-refractivity contribution in [2.45, 2.75) is 58.3 Å². The van der Waals surface area contributed by atoms with E-state index in [1.807, 2.05) is 30.3 Å². The Balaban J connectivity index is 2.70. The molecule has 0 aliphatic carbocycles. The van der Waals surface area contributed by atoms with Crippen LogP contribution in [0.5, 0.6) is 0 Å². The molecule has 2 unspecified atom stereocenters. The smallest absolute Gasteiger partial charge is 0.407 e. The molecule has 0 fully saturated rings. The molecule has 0 radical (unpaired) electrons. The number of amides is 1. The van der Waals surface area contributed by atoms with Gasteiger partial charge in [0.1, 0.15) is 5.60 Å². The second-order valence-corrected chi connectivity index (χ2v) is 6.64. The molecule has 0 aliphatic rings. The number of aliphatic hydroxyl groups excluding tert-OH is 1. The van der Waals surface area contributed by atoms with Crippen LogP contribution in [0.25, 0.3) is 0 Å². The first-order chi connectivity index (χ1) is 11.2. The van der Waals surface area contributed by atoms with Crippen LogP contribution in [-0.4, -0.2) is 41.5 Å². The number of hydrogen-bond donors (Lipinski definition) is 2. The molecule has 1 amide bonds. The summed E-state index contributed by atoms with van der Waals surface area (Å²) in [6, 6.07) is 8.98. The highest BCUT2D eigenvalue weighted by Gasteiger charge is 2.25. The highest BCUT2D eigenvalue weighted by Crippen LogP contribution is 2.12. The van der Waals surface area contributed by atoms with E-state index in [9.17, 15) is 14.7 Å². The lowest BCUT2D eigenvalue weighted by Crippen LogP contribution is -2.47. The first-order valence-corrected chi connectivity index (χ1v) is 8.02. The van der Waals surface area contributed by atoms with E-state index in [2.05, 4.69) is 5.32 Å². The summed E-state index contributed by atoms with van der Waals surface area (Å²) in [5.74, 6) is -0.401. The summed E-state index contributed by atoms with van der Waals surface area (Å²) in [4.78, 5) is 22.8. The molecule has 24 heavy (non-hydrogen) atoms. The molecule has 0 saturated carbocycles. The third-order valence-corrected chi connectivity index (χ3v) is 3.18. The summed E-state index contributed by atoms with van der Waals surface area (Å²) >= 11 is 0. The van der Waals surface area contributed by atoms with Crippen LogP contribution >= 0.6 is 0 Å². The molecule has 6 heteroatoms. The Morgan fingerprint density at radius 1 is 1.21 bits per heavy atom. The predicted octanol–water partition coefficient (Wildman–Crippen LogP) is 2.44. The van der Waals surface area contributed by atoms with Crippen molar-refractivity contribution in [1.29, 1.82) is 0 Å². The minimum absolute atomic E-state index is 0.0950. The summed E-state index contributed by atoms with van der Waals surface area (Å²) < 4.78 is 10.1. The van der Waals surface area contributed by atoms with Gasteiger partial charge in [0.15, 0.2) is 0 Å². The first kappa shape index (κ1) is 20.0. The van der Waals surface area contributed by atoms with Gasteiger partial charge in [-0.05, 0) is 32.8 Å². The van der Waals surface area contributed by atoms with Gasteiger partial charge in [0.2, 0.25) is 0 Å². The Labute approximate surface area is 143 Å². The van der Waals surface area contributed by atoms with Gasteiger partial charge in [0, 0.05) is 13.3 Å². The van der Waals surface area contributed by atoms with Crippen molar-refractivity contribution in [3.63, 3.8) is 0 Å². The normalized spacial score (nSPS) is 13.7. The molecule has 2 N–H and O–H groups in total. The molecule has 134 valence electrons. The number of ether oxygens (including phenoxy) is 2. The Hall–Kier alpha value is -2.08. The second kappa shape index (κ2) is 9.27. The molecular weight excluding hydrogens is 310 g/mol. The molecule has 1 aromatic rings. The SMILES string of the molecule is CC(=O)OCCC(O)C(Cc1ccccc1)NC(=O)OC(C)(C)C. The fourth-order valence-electron chi connectivity index (χ4n) is 2.13. The minimum atomic E-state index is -0.864. The molecule has 1 rings (SSSR count). The first-order valence-electron chi connectivity index (χ1n) is 8.02. The van der Waals surface area contributed by atoms with E-state index >= 15 is 0 Å². The van der Waals surface area contributed by atoms with E-state index in [-0.39, 0.29) is 13.0 Å². The fourth-order valence-corrected chi connectivity index (χ4v) is 2.13. The average molecular weight is 337 g/mol.